The number of aromatic hydroxyl groups is 1. The van der Waals surface area contributed by atoms with Crippen LogP contribution >= 0.6 is 0 Å². The Bertz CT molecular complexity index is 1170. The minimum absolute atomic E-state index is 0.259. The maximum absolute atomic E-state index is 9.99. The van der Waals surface area contributed by atoms with E-state index in [0.29, 0.717) is 6.04 Å². The fourth-order valence-corrected chi connectivity index (χ4v) is 4.87. The molecule has 3 nitrogen and oxygen atoms in total. The van der Waals surface area contributed by atoms with Gasteiger partial charge in [0.05, 0.1) is 5.69 Å². The van der Waals surface area contributed by atoms with Gasteiger partial charge in [-0.1, -0.05) is 87.0 Å². The van der Waals surface area contributed by atoms with Crippen molar-refractivity contribution in [3.63, 3.8) is 0 Å². The zero-order chi connectivity index (χ0) is 22.5. The van der Waals surface area contributed by atoms with Gasteiger partial charge in [0.2, 0.25) is 0 Å². The Labute approximate surface area is 191 Å². The number of hydrogen-bond acceptors (Lipinski definition) is 3. The summed E-state index contributed by atoms with van der Waals surface area (Å²) in [5, 5.41) is 12.3. The lowest BCUT2D eigenvalue weighted by Gasteiger charge is -2.36. The second kappa shape index (κ2) is 9.97. The number of phenolic OH excluding ortho intramolecular Hbond substituents is 1. The predicted molar refractivity (Wildman–Crippen MR) is 134 cm³/mol. The average Bonchev–Trinajstić information content (AvgIpc) is 2.83. The minimum atomic E-state index is 0.259. The molecule has 0 bridgehead atoms. The molecule has 0 aliphatic carbocycles. The highest BCUT2D eigenvalue weighted by Crippen LogP contribution is 2.39. The molecule has 2 unspecified atom stereocenters. The highest BCUT2D eigenvalue weighted by atomic mass is 16.3. The number of benzene rings is 3. The maximum Gasteiger partial charge on any atom is 0.116 e. The van der Waals surface area contributed by atoms with Gasteiger partial charge in [-0.15, -0.1) is 0 Å². The van der Waals surface area contributed by atoms with E-state index in [2.05, 4.69) is 86.6 Å². The van der Waals surface area contributed by atoms with E-state index in [0.717, 1.165) is 35.9 Å². The van der Waals surface area contributed by atoms with Gasteiger partial charge >= 0.3 is 0 Å². The highest BCUT2D eigenvalue weighted by molar-refractivity contribution is 5.96. The van der Waals surface area contributed by atoms with Crippen LogP contribution in [0.25, 0.3) is 22.0 Å². The number of pyridine rings is 1. The van der Waals surface area contributed by atoms with E-state index in [1.54, 1.807) is 12.1 Å². The number of phenols is 1. The molecule has 0 aliphatic heterocycles. The van der Waals surface area contributed by atoms with Crippen molar-refractivity contribution in [3.05, 3.63) is 96.2 Å². The van der Waals surface area contributed by atoms with Crippen LogP contribution in [0.1, 0.15) is 56.3 Å². The predicted octanol–water partition coefficient (Wildman–Crippen LogP) is 7.53. The van der Waals surface area contributed by atoms with Crippen LogP contribution in [0.5, 0.6) is 5.75 Å². The molecule has 4 aromatic rings. The number of aromatic nitrogens is 1. The van der Waals surface area contributed by atoms with Gasteiger partial charge in [-0.3, -0.25) is 9.88 Å². The Kier molecular flexibility index (Phi) is 6.87. The average molecular weight is 425 g/mol. The summed E-state index contributed by atoms with van der Waals surface area (Å²) in [6, 6.07) is 27.3. The topological polar surface area (TPSA) is 36.4 Å². The number of nitrogens with zero attached hydrogens (tertiary/aromatic N) is 2. The van der Waals surface area contributed by atoms with E-state index >= 15 is 0 Å². The van der Waals surface area contributed by atoms with Gasteiger partial charge in [0.1, 0.15) is 5.75 Å². The third kappa shape index (κ3) is 4.39. The van der Waals surface area contributed by atoms with Crippen LogP contribution in [0.4, 0.5) is 0 Å². The minimum Gasteiger partial charge on any atom is -0.508 e. The fraction of sp³-hybridized carbons (Fsp3) is 0.276. The fourth-order valence-electron chi connectivity index (χ4n) is 4.87. The summed E-state index contributed by atoms with van der Waals surface area (Å²) in [5.41, 5.74) is 4.47. The lowest BCUT2D eigenvalue weighted by Crippen LogP contribution is -2.29. The molecule has 1 aromatic heterocycles. The molecule has 0 saturated carbocycles. The van der Waals surface area contributed by atoms with E-state index < -0.39 is 0 Å². The summed E-state index contributed by atoms with van der Waals surface area (Å²) in [7, 11) is 2.25. The highest BCUT2D eigenvalue weighted by Gasteiger charge is 2.26. The van der Waals surface area contributed by atoms with E-state index in [1.165, 1.54) is 16.5 Å². The Morgan fingerprint density at radius 1 is 0.844 bits per heavy atom. The third-order valence-corrected chi connectivity index (χ3v) is 6.42. The van der Waals surface area contributed by atoms with Crippen molar-refractivity contribution in [2.75, 3.05) is 7.05 Å². The lowest BCUT2D eigenvalue weighted by molar-refractivity contribution is 0.160. The van der Waals surface area contributed by atoms with E-state index in [4.69, 9.17) is 4.98 Å². The largest absolute Gasteiger partial charge is 0.508 e. The van der Waals surface area contributed by atoms with Crippen molar-refractivity contribution in [3.8, 4) is 17.0 Å². The van der Waals surface area contributed by atoms with Crippen LogP contribution in [-0.2, 0) is 0 Å². The first-order valence-corrected chi connectivity index (χ1v) is 11.6. The van der Waals surface area contributed by atoms with Gasteiger partial charge in [0.15, 0.2) is 0 Å². The molecule has 0 amide bonds. The molecule has 2 atom stereocenters. The monoisotopic (exact) mass is 424 g/mol. The maximum atomic E-state index is 9.99. The SMILES string of the molecule is CCCC(c1cnc(-c2cccc(O)c2)c2ccccc12)N(C)C(CC)c1ccccc1. The van der Waals surface area contributed by atoms with Crippen LogP contribution in [0.2, 0.25) is 0 Å². The molecule has 3 aromatic carbocycles. The van der Waals surface area contributed by atoms with Crippen molar-refractivity contribution in [1.82, 2.24) is 9.88 Å². The van der Waals surface area contributed by atoms with Gasteiger partial charge in [-0.05, 0) is 48.5 Å². The van der Waals surface area contributed by atoms with Crippen LogP contribution in [0.3, 0.4) is 0 Å². The second-order valence-corrected chi connectivity index (χ2v) is 8.46. The molecule has 32 heavy (non-hydrogen) atoms. The Morgan fingerprint density at radius 3 is 2.25 bits per heavy atom. The van der Waals surface area contributed by atoms with Crippen molar-refractivity contribution >= 4 is 10.8 Å². The molecule has 0 saturated heterocycles. The molecule has 3 heteroatoms. The molecule has 1 heterocycles. The van der Waals surface area contributed by atoms with Crippen LogP contribution in [0.15, 0.2) is 85.1 Å². The number of fused-ring (bicyclic) bond motifs is 1. The Morgan fingerprint density at radius 2 is 1.56 bits per heavy atom. The normalized spacial score (nSPS) is 13.4. The summed E-state index contributed by atoms with van der Waals surface area (Å²) in [5.74, 6) is 0.259. The second-order valence-electron chi connectivity index (χ2n) is 8.46. The third-order valence-electron chi connectivity index (χ3n) is 6.42. The summed E-state index contributed by atoms with van der Waals surface area (Å²) in [6.07, 6.45) is 5.27. The first-order valence-electron chi connectivity index (χ1n) is 11.6. The van der Waals surface area contributed by atoms with Gasteiger partial charge in [0.25, 0.3) is 0 Å². The van der Waals surface area contributed by atoms with Crippen LogP contribution in [0, 0.1) is 0 Å². The molecule has 0 fully saturated rings. The van der Waals surface area contributed by atoms with Crippen molar-refractivity contribution in [2.24, 2.45) is 0 Å². The molecule has 0 aliphatic rings. The number of rotatable bonds is 8. The zero-order valence-electron chi connectivity index (χ0n) is 19.2. The van der Waals surface area contributed by atoms with Crippen molar-refractivity contribution in [2.45, 2.75) is 45.2 Å². The number of hydrogen-bond donors (Lipinski definition) is 1. The molecule has 0 spiro atoms. The van der Waals surface area contributed by atoms with Gasteiger partial charge in [-0.2, -0.15) is 0 Å². The first kappa shape index (κ1) is 22.0. The summed E-state index contributed by atoms with van der Waals surface area (Å²) < 4.78 is 0. The first-order chi connectivity index (χ1) is 15.6. The molecular formula is C29H32N2O. The van der Waals surface area contributed by atoms with E-state index in [-0.39, 0.29) is 11.8 Å². The Balaban J connectivity index is 1.82. The lowest BCUT2D eigenvalue weighted by atomic mass is 9.92. The van der Waals surface area contributed by atoms with Gasteiger partial charge in [-0.25, -0.2) is 0 Å². The Hall–Kier alpha value is -3.17. The van der Waals surface area contributed by atoms with Crippen LogP contribution < -0.4 is 0 Å². The van der Waals surface area contributed by atoms with E-state index in [1.807, 2.05) is 12.1 Å². The molecular weight excluding hydrogens is 392 g/mol. The molecule has 4 rings (SSSR count). The van der Waals surface area contributed by atoms with Crippen molar-refractivity contribution < 1.29 is 5.11 Å². The summed E-state index contributed by atoms with van der Waals surface area (Å²) in [4.78, 5) is 7.45. The van der Waals surface area contributed by atoms with E-state index in [9.17, 15) is 5.11 Å². The van der Waals surface area contributed by atoms with Crippen LogP contribution in [-0.4, -0.2) is 22.0 Å². The molecule has 0 radical (unpaired) electrons. The van der Waals surface area contributed by atoms with Gasteiger partial charge in [0, 0.05) is 29.2 Å². The summed E-state index contributed by atoms with van der Waals surface area (Å²) >= 11 is 0. The summed E-state index contributed by atoms with van der Waals surface area (Å²) in [6.45, 7) is 4.51. The molecule has 164 valence electrons. The van der Waals surface area contributed by atoms with Crippen molar-refractivity contribution in [1.29, 1.82) is 0 Å². The molecule has 1 N–H and O–H groups in total. The smallest absolute Gasteiger partial charge is 0.116 e. The zero-order valence-corrected chi connectivity index (χ0v) is 19.2. The van der Waals surface area contributed by atoms with Gasteiger partial charge < -0.3 is 5.11 Å². The quantitative estimate of drug-likeness (QED) is 0.317. The standard InChI is InChI=1S/C29H32N2O/c1-4-12-28(31(3)27(5-2)21-13-7-6-8-14-21)26-20-30-29(22-15-11-16-23(32)19-22)25-18-10-9-17-24(25)26/h6-11,13-20,27-28,32H,4-5,12H2,1-3H3.